The van der Waals surface area contributed by atoms with E-state index in [0.717, 1.165) is 16.7 Å². The van der Waals surface area contributed by atoms with Gasteiger partial charge in [-0.05, 0) is 38.5 Å². The van der Waals surface area contributed by atoms with E-state index in [0.29, 0.717) is 17.6 Å². The van der Waals surface area contributed by atoms with Gasteiger partial charge in [0.1, 0.15) is 11.3 Å². The highest BCUT2D eigenvalue weighted by molar-refractivity contribution is 5.83. The Kier molecular flexibility index (Phi) is 4.79. The van der Waals surface area contributed by atoms with Gasteiger partial charge in [0.2, 0.25) is 0 Å². The molecule has 0 aliphatic heterocycles. The van der Waals surface area contributed by atoms with Crippen LogP contribution in [-0.2, 0) is 11.8 Å². The fraction of sp³-hybridized carbons (Fsp3) is 0.350. The smallest absolute Gasteiger partial charge is 0.340 e. The van der Waals surface area contributed by atoms with Crippen LogP contribution in [0.2, 0.25) is 0 Å². The standard InChI is InChI=1S/C20H24O3/c1-7-20(4,5)16-12-14-9-11-17(22-6)15(10-8-13(2)3)18(14)23-19(16)21/h7-9,11-12H,1,10H2,2-6H3. The molecule has 0 saturated heterocycles. The Bertz CT molecular complexity index is 819. The molecule has 122 valence electrons. The molecule has 0 unspecified atom stereocenters. The van der Waals surface area contributed by atoms with Crippen LogP contribution in [-0.4, -0.2) is 7.11 Å². The maximum absolute atomic E-state index is 12.5. The van der Waals surface area contributed by atoms with Gasteiger partial charge in [0, 0.05) is 21.9 Å². The summed E-state index contributed by atoms with van der Waals surface area (Å²) < 4.78 is 11.1. The van der Waals surface area contributed by atoms with Gasteiger partial charge in [-0.3, -0.25) is 0 Å². The quantitative estimate of drug-likeness (QED) is 0.589. The van der Waals surface area contributed by atoms with Crippen LogP contribution >= 0.6 is 0 Å². The Balaban J connectivity index is 2.75. The van der Waals surface area contributed by atoms with Gasteiger partial charge in [0.05, 0.1) is 7.11 Å². The van der Waals surface area contributed by atoms with E-state index < -0.39 is 5.41 Å². The van der Waals surface area contributed by atoms with Crippen molar-refractivity contribution in [2.75, 3.05) is 7.11 Å². The fourth-order valence-corrected chi connectivity index (χ4v) is 2.47. The Morgan fingerprint density at radius 2 is 2.04 bits per heavy atom. The van der Waals surface area contributed by atoms with Crippen molar-refractivity contribution in [3.63, 3.8) is 0 Å². The molecule has 2 aromatic rings. The highest BCUT2D eigenvalue weighted by atomic mass is 16.5. The van der Waals surface area contributed by atoms with E-state index in [1.54, 1.807) is 13.2 Å². The number of benzene rings is 1. The Hall–Kier alpha value is -2.29. The fourth-order valence-electron chi connectivity index (χ4n) is 2.47. The second-order valence-electron chi connectivity index (χ2n) is 6.52. The van der Waals surface area contributed by atoms with E-state index >= 15 is 0 Å². The second-order valence-corrected chi connectivity index (χ2v) is 6.52. The maximum Gasteiger partial charge on any atom is 0.340 e. The average molecular weight is 312 g/mol. The van der Waals surface area contributed by atoms with E-state index in [1.165, 1.54) is 5.57 Å². The zero-order valence-electron chi connectivity index (χ0n) is 14.5. The number of hydrogen-bond donors (Lipinski definition) is 0. The summed E-state index contributed by atoms with van der Waals surface area (Å²) in [5.41, 5.74) is 2.54. The first-order valence-corrected chi connectivity index (χ1v) is 7.71. The third kappa shape index (κ3) is 3.39. The Morgan fingerprint density at radius 3 is 2.61 bits per heavy atom. The van der Waals surface area contributed by atoms with E-state index in [9.17, 15) is 4.79 Å². The summed E-state index contributed by atoms with van der Waals surface area (Å²) in [6.45, 7) is 11.8. The Morgan fingerprint density at radius 1 is 1.35 bits per heavy atom. The number of ether oxygens (including phenoxy) is 1. The van der Waals surface area contributed by atoms with E-state index in [1.807, 2.05) is 45.9 Å². The molecule has 0 atom stereocenters. The topological polar surface area (TPSA) is 39.4 Å². The van der Waals surface area contributed by atoms with Crippen LogP contribution in [0.4, 0.5) is 0 Å². The lowest BCUT2D eigenvalue weighted by atomic mass is 9.85. The van der Waals surface area contributed by atoms with Crippen LogP contribution < -0.4 is 10.4 Å². The number of methoxy groups -OCH3 is 1. The van der Waals surface area contributed by atoms with E-state index in [2.05, 4.69) is 12.7 Å². The predicted molar refractivity (Wildman–Crippen MR) is 95.4 cm³/mol. The highest BCUT2D eigenvalue weighted by Crippen LogP contribution is 2.31. The lowest BCUT2D eigenvalue weighted by Gasteiger charge is -2.19. The molecule has 0 spiro atoms. The second kappa shape index (κ2) is 6.45. The summed E-state index contributed by atoms with van der Waals surface area (Å²) >= 11 is 0. The zero-order chi connectivity index (χ0) is 17.2. The van der Waals surface area contributed by atoms with Crippen molar-refractivity contribution in [3.8, 4) is 5.75 Å². The molecule has 3 heteroatoms. The summed E-state index contributed by atoms with van der Waals surface area (Å²) in [7, 11) is 1.63. The lowest BCUT2D eigenvalue weighted by molar-refractivity contribution is 0.409. The number of hydrogen-bond acceptors (Lipinski definition) is 3. The number of fused-ring (bicyclic) bond motifs is 1. The van der Waals surface area contributed by atoms with Crippen molar-refractivity contribution in [2.45, 2.75) is 39.5 Å². The molecule has 1 aromatic heterocycles. The molecule has 0 amide bonds. The molecule has 0 radical (unpaired) electrons. The SMILES string of the molecule is C=CC(C)(C)c1cc2ccc(OC)c(CC=C(C)C)c2oc1=O. The van der Waals surface area contributed by atoms with Crippen LogP contribution in [0.5, 0.6) is 5.75 Å². The maximum atomic E-state index is 12.5. The molecule has 1 aromatic carbocycles. The van der Waals surface area contributed by atoms with Crippen LogP contribution in [0.1, 0.15) is 38.8 Å². The van der Waals surface area contributed by atoms with Crippen LogP contribution in [0.15, 0.2) is 51.7 Å². The molecule has 0 saturated carbocycles. The number of rotatable bonds is 5. The molecule has 0 aliphatic rings. The van der Waals surface area contributed by atoms with E-state index in [4.69, 9.17) is 9.15 Å². The van der Waals surface area contributed by atoms with Crippen LogP contribution in [0.25, 0.3) is 11.0 Å². The first kappa shape index (κ1) is 17.1. The van der Waals surface area contributed by atoms with Crippen molar-refractivity contribution in [1.29, 1.82) is 0 Å². The molecular weight excluding hydrogens is 288 g/mol. The minimum atomic E-state index is -0.436. The summed E-state index contributed by atoms with van der Waals surface area (Å²) in [5.74, 6) is 0.730. The average Bonchev–Trinajstić information content (AvgIpc) is 2.51. The van der Waals surface area contributed by atoms with Crippen molar-refractivity contribution < 1.29 is 9.15 Å². The van der Waals surface area contributed by atoms with Crippen LogP contribution in [0, 0.1) is 0 Å². The third-order valence-corrected chi connectivity index (χ3v) is 4.10. The minimum Gasteiger partial charge on any atom is -0.496 e. The zero-order valence-corrected chi connectivity index (χ0v) is 14.5. The van der Waals surface area contributed by atoms with Gasteiger partial charge in [-0.25, -0.2) is 4.79 Å². The van der Waals surface area contributed by atoms with Crippen molar-refractivity contribution in [3.05, 3.63) is 64.1 Å². The molecule has 23 heavy (non-hydrogen) atoms. The molecule has 1 heterocycles. The predicted octanol–water partition coefficient (Wildman–Crippen LogP) is 4.77. The minimum absolute atomic E-state index is 0.325. The van der Waals surface area contributed by atoms with Crippen molar-refractivity contribution in [2.24, 2.45) is 0 Å². The normalized spacial score (nSPS) is 11.3. The molecule has 0 bridgehead atoms. The van der Waals surface area contributed by atoms with Gasteiger partial charge in [-0.2, -0.15) is 0 Å². The lowest BCUT2D eigenvalue weighted by Crippen LogP contribution is -2.23. The first-order valence-electron chi connectivity index (χ1n) is 7.71. The Labute approximate surface area is 137 Å². The summed E-state index contributed by atoms with van der Waals surface area (Å²) in [5, 5.41) is 0.896. The molecular formula is C20H24O3. The van der Waals surface area contributed by atoms with Gasteiger partial charge >= 0.3 is 5.63 Å². The van der Waals surface area contributed by atoms with Crippen molar-refractivity contribution in [1.82, 2.24) is 0 Å². The van der Waals surface area contributed by atoms with E-state index in [-0.39, 0.29) is 5.63 Å². The third-order valence-electron chi connectivity index (χ3n) is 4.10. The van der Waals surface area contributed by atoms with Gasteiger partial charge in [0.25, 0.3) is 0 Å². The van der Waals surface area contributed by atoms with Gasteiger partial charge in [-0.15, -0.1) is 6.58 Å². The number of allylic oxidation sites excluding steroid dienone is 3. The summed E-state index contributed by atoms with van der Waals surface area (Å²) in [6.07, 6.45) is 4.52. The van der Waals surface area contributed by atoms with Gasteiger partial charge in [-0.1, -0.05) is 31.6 Å². The summed E-state index contributed by atoms with van der Waals surface area (Å²) in [4.78, 5) is 12.5. The largest absolute Gasteiger partial charge is 0.496 e. The molecule has 0 N–H and O–H groups in total. The molecule has 0 fully saturated rings. The van der Waals surface area contributed by atoms with Crippen molar-refractivity contribution >= 4 is 11.0 Å². The molecule has 3 nitrogen and oxygen atoms in total. The van der Waals surface area contributed by atoms with Gasteiger partial charge < -0.3 is 9.15 Å². The monoisotopic (exact) mass is 312 g/mol. The van der Waals surface area contributed by atoms with Gasteiger partial charge in [0.15, 0.2) is 0 Å². The van der Waals surface area contributed by atoms with Crippen LogP contribution in [0.3, 0.4) is 0 Å². The highest BCUT2D eigenvalue weighted by Gasteiger charge is 2.23. The first-order chi connectivity index (χ1) is 10.8. The molecule has 0 aliphatic carbocycles. The summed E-state index contributed by atoms with van der Waals surface area (Å²) in [6, 6.07) is 5.74. The molecule has 2 rings (SSSR count).